The summed E-state index contributed by atoms with van der Waals surface area (Å²) in [7, 11) is 0. The SMILES string of the molecule is Cc1ccc(N2CCC(C)(CN)CC2)nc1. The maximum Gasteiger partial charge on any atom is 0.128 e. The molecule has 2 heterocycles. The summed E-state index contributed by atoms with van der Waals surface area (Å²) in [6.07, 6.45) is 4.27. The Bertz CT molecular complexity index is 337. The number of pyridine rings is 1. The number of hydrogen-bond acceptors (Lipinski definition) is 3. The van der Waals surface area contributed by atoms with E-state index >= 15 is 0 Å². The van der Waals surface area contributed by atoms with Crippen molar-refractivity contribution in [2.75, 3.05) is 24.5 Å². The van der Waals surface area contributed by atoms with E-state index < -0.39 is 0 Å². The Morgan fingerprint density at radius 1 is 1.38 bits per heavy atom. The molecule has 0 aliphatic carbocycles. The van der Waals surface area contributed by atoms with Crippen molar-refractivity contribution < 1.29 is 0 Å². The van der Waals surface area contributed by atoms with Gasteiger partial charge in [-0.25, -0.2) is 4.98 Å². The van der Waals surface area contributed by atoms with Crippen molar-refractivity contribution in [2.24, 2.45) is 11.1 Å². The molecule has 88 valence electrons. The average Bonchev–Trinajstić information content (AvgIpc) is 2.32. The van der Waals surface area contributed by atoms with Crippen molar-refractivity contribution in [3.05, 3.63) is 23.9 Å². The topological polar surface area (TPSA) is 42.1 Å². The zero-order chi connectivity index (χ0) is 11.6. The summed E-state index contributed by atoms with van der Waals surface area (Å²) in [6, 6.07) is 4.24. The quantitative estimate of drug-likeness (QED) is 0.826. The molecule has 0 saturated carbocycles. The molecule has 1 aromatic heterocycles. The molecule has 0 bridgehead atoms. The van der Waals surface area contributed by atoms with Crippen LogP contribution in [0.4, 0.5) is 5.82 Å². The summed E-state index contributed by atoms with van der Waals surface area (Å²) < 4.78 is 0. The maximum atomic E-state index is 5.81. The largest absolute Gasteiger partial charge is 0.357 e. The Balaban J connectivity index is 2.01. The van der Waals surface area contributed by atoms with E-state index in [0.29, 0.717) is 5.41 Å². The maximum absolute atomic E-state index is 5.81. The van der Waals surface area contributed by atoms with Crippen LogP contribution in [0.25, 0.3) is 0 Å². The van der Waals surface area contributed by atoms with Crippen LogP contribution in [0.15, 0.2) is 18.3 Å². The minimum atomic E-state index is 0.335. The van der Waals surface area contributed by atoms with Crippen LogP contribution in [0.2, 0.25) is 0 Å². The standard InChI is InChI=1S/C13H21N3/c1-11-3-4-12(15-9-11)16-7-5-13(2,10-14)6-8-16/h3-4,9H,5-8,10,14H2,1-2H3. The molecule has 1 aliphatic heterocycles. The van der Waals surface area contributed by atoms with Gasteiger partial charge in [-0.1, -0.05) is 13.0 Å². The van der Waals surface area contributed by atoms with Crippen molar-refractivity contribution in [1.29, 1.82) is 0 Å². The van der Waals surface area contributed by atoms with Crippen LogP contribution in [0, 0.1) is 12.3 Å². The molecule has 0 atom stereocenters. The molecule has 1 saturated heterocycles. The third-order valence-corrected chi connectivity index (χ3v) is 3.68. The fourth-order valence-electron chi connectivity index (χ4n) is 2.13. The van der Waals surface area contributed by atoms with E-state index in [1.54, 1.807) is 0 Å². The van der Waals surface area contributed by atoms with Crippen LogP contribution in [0.3, 0.4) is 0 Å². The van der Waals surface area contributed by atoms with Gasteiger partial charge >= 0.3 is 0 Å². The van der Waals surface area contributed by atoms with Crippen LogP contribution in [-0.2, 0) is 0 Å². The Morgan fingerprint density at radius 3 is 2.56 bits per heavy atom. The van der Waals surface area contributed by atoms with Gasteiger partial charge in [0.05, 0.1) is 0 Å². The molecule has 0 unspecified atom stereocenters. The summed E-state index contributed by atoms with van der Waals surface area (Å²) in [5.74, 6) is 1.10. The molecule has 2 N–H and O–H groups in total. The van der Waals surface area contributed by atoms with Gasteiger partial charge in [-0.2, -0.15) is 0 Å². The second-order valence-corrected chi connectivity index (χ2v) is 5.20. The molecular formula is C13H21N3. The van der Waals surface area contributed by atoms with Crippen LogP contribution in [-0.4, -0.2) is 24.6 Å². The number of anilines is 1. The van der Waals surface area contributed by atoms with E-state index in [4.69, 9.17) is 5.73 Å². The summed E-state index contributed by atoms with van der Waals surface area (Å²) >= 11 is 0. The Morgan fingerprint density at radius 2 is 2.06 bits per heavy atom. The highest BCUT2D eigenvalue weighted by Gasteiger charge is 2.28. The van der Waals surface area contributed by atoms with E-state index in [-0.39, 0.29) is 0 Å². The van der Waals surface area contributed by atoms with E-state index in [1.807, 2.05) is 6.20 Å². The van der Waals surface area contributed by atoms with Crippen molar-refractivity contribution >= 4 is 5.82 Å². The Kier molecular flexibility index (Phi) is 3.15. The molecule has 1 aliphatic rings. The first-order chi connectivity index (χ1) is 7.63. The van der Waals surface area contributed by atoms with E-state index in [1.165, 1.54) is 18.4 Å². The lowest BCUT2D eigenvalue weighted by atomic mass is 9.80. The number of rotatable bonds is 2. The molecular weight excluding hydrogens is 198 g/mol. The Labute approximate surface area is 97.7 Å². The van der Waals surface area contributed by atoms with E-state index in [2.05, 4.69) is 35.9 Å². The molecule has 16 heavy (non-hydrogen) atoms. The Hall–Kier alpha value is -1.09. The molecule has 3 nitrogen and oxygen atoms in total. The fraction of sp³-hybridized carbons (Fsp3) is 0.615. The number of aromatic nitrogens is 1. The van der Waals surface area contributed by atoms with Gasteiger partial charge < -0.3 is 10.6 Å². The summed E-state index contributed by atoms with van der Waals surface area (Å²) in [4.78, 5) is 6.83. The highest BCUT2D eigenvalue weighted by molar-refractivity contribution is 5.39. The summed E-state index contributed by atoms with van der Waals surface area (Å²) in [5.41, 5.74) is 7.36. The lowest BCUT2D eigenvalue weighted by molar-refractivity contribution is 0.258. The first kappa shape index (κ1) is 11.4. The van der Waals surface area contributed by atoms with E-state index in [9.17, 15) is 0 Å². The van der Waals surface area contributed by atoms with Crippen molar-refractivity contribution in [2.45, 2.75) is 26.7 Å². The molecule has 1 fully saturated rings. The minimum absolute atomic E-state index is 0.335. The molecule has 1 aromatic rings. The minimum Gasteiger partial charge on any atom is -0.357 e. The first-order valence-electron chi connectivity index (χ1n) is 6.01. The van der Waals surface area contributed by atoms with Crippen LogP contribution in [0.5, 0.6) is 0 Å². The number of nitrogens with zero attached hydrogens (tertiary/aromatic N) is 2. The fourth-order valence-corrected chi connectivity index (χ4v) is 2.13. The third kappa shape index (κ3) is 2.35. The molecule has 3 heteroatoms. The molecule has 0 spiro atoms. The van der Waals surface area contributed by atoms with Gasteiger partial charge in [0.25, 0.3) is 0 Å². The highest BCUT2D eigenvalue weighted by Crippen LogP contribution is 2.31. The summed E-state index contributed by atoms with van der Waals surface area (Å²) in [6.45, 7) is 7.29. The first-order valence-corrected chi connectivity index (χ1v) is 6.01. The second kappa shape index (κ2) is 4.42. The van der Waals surface area contributed by atoms with Gasteiger partial charge in [0, 0.05) is 19.3 Å². The van der Waals surface area contributed by atoms with Gasteiger partial charge in [0.1, 0.15) is 5.82 Å². The molecule has 0 aromatic carbocycles. The number of nitrogens with two attached hydrogens (primary N) is 1. The number of piperidine rings is 1. The van der Waals surface area contributed by atoms with Crippen molar-refractivity contribution in [3.8, 4) is 0 Å². The van der Waals surface area contributed by atoms with Gasteiger partial charge in [0.2, 0.25) is 0 Å². The smallest absolute Gasteiger partial charge is 0.128 e. The van der Waals surface area contributed by atoms with Crippen LogP contribution in [0.1, 0.15) is 25.3 Å². The molecule has 0 amide bonds. The molecule has 0 radical (unpaired) electrons. The third-order valence-electron chi connectivity index (χ3n) is 3.68. The van der Waals surface area contributed by atoms with Crippen molar-refractivity contribution in [3.63, 3.8) is 0 Å². The second-order valence-electron chi connectivity index (χ2n) is 5.20. The highest BCUT2D eigenvalue weighted by atomic mass is 15.2. The summed E-state index contributed by atoms with van der Waals surface area (Å²) in [5, 5.41) is 0. The van der Waals surface area contributed by atoms with Crippen LogP contribution >= 0.6 is 0 Å². The molecule has 2 rings (SSSR count). The lowest BCUT2D eigenvalue weighted by Crippen LogP contribution is -2.42. The predicted octanol–water partition coefficient (Wildman–Crippen LogP) is 1.96. The van der Waals surface area contributed by atoms with Crippen molar-refractivity contribution in [1.82, 2.24) is 4.98 Å². The van der Waals surface area contributed by atoms with Gasteiger partial charge in [0.15, 0.2) is 0 Å². The predicted molar refractivity (Wildman–Crippen MR) is 67.6 cm³/mol. The van der Waals surface area contributed by atoms with Crippen LogP contribution < -0.4 is 10.6 Å². The number of hydrogen-bond donors (Lipinski definition) is 1. The number of aryl methyl sites for hydroxylation is 1. The lowest BCUT2D eigenvalue weighted by Gasteiger charge is -2.39. The average molecular weight is 219 g/mol. The van der Waals surface area contributed by atoms with Gasteiger partial charge in [-0.15, -0.1) is 0 Å². The zero-order valence-electron chi connectivity index (χ0n) is 10.2. The van der Waals surface area contributed by atoms with Gasteiger partial charge in [-0.05, 0) is 43.4 Å². The van der Waals surface area contributed by atoms with Gasteiger partial charge in [-0.3, -0.25) is 0 Å². The van der Waals surface area contributed by atoms with E-state index in [0.717, 1.165) is 25.5 Å². The monoisotopic (exact) mass is 219 g/mol. The zero-order valence-corrected chi connectivity index (χ0v) is 10.2. The normalized spacial score (nSPS) is 19.8.